The van der Waals surface area contributed by atoms with Crippen LogP contribution in [0.25, 0.3) is 0 Å². The van der Waals surface area contributed by atoms with E-state index in [-0.39, 0.29) is 6.61 Å². The molecule has 0 saturated heterocycles. The van der Waals surface area contributed by atoms with Crippen LogP contribution >= 0.6 is 0 Å². The smallest absolute Gasteiger partial charge is 0.379 e. The van der Waals surface area contributed by atoms with Crippen LogP contribution in [0.2, 0.25) is 0 Å². The maximum atomic E-state index is 11.1. The van der Waals surface area contributed by atoms with Gasteiger partial charge in [0.1, 0.15) is 0 Å². The number of nitrogens with one attached hydrogen (secondary N) is 1. The molecular weight excluding hydrogens is 218 g/mol. The first-order valence-corrected chi connectivity index (χ1v) is 5.39. The first kappa shape index (κ1) is 13.0. The normalized spacial score (nSPS) is 10.2. The molecule has 1 rings (SSSR count). The molecule has 0 bridgehead atoms. The Bertz CT molecular complexity index is 398. The van der Waals surface area contributed by atoms with Crippen LogP contribution in [0.1, 0.15) is 12.5 Å². The zero-order chi connectivity index (χ0) is 12.5. The Hall–Kier alpha value is -2.10. The fourth-order valence-electron chi connectivity index (χ4n) is 1.18. The highest BCUT2D eigenvalue weighted by atomic mass is 16.5. The van der Waals surface area contributed by atoms with Crippen molar-refractivity contribution in [3.8, 4) is 0 Å². The Morgan fingerprint density at radius 2 is 2.00 bits per heavy atom. The highest BCUT2D eigenvalue weighted by Gasteiger charge is 2.09. The predicted molar refractivity (Wildman–Crippen MR) is 64.1 cm³/mol. The van der Waals surface area contributed by atoms with Crippen LogP contribution in [0.5, 0.6) is 0 Å². The number of esters is 1. The van der Waals surface area contributed by atoms with Gasteiger partial charge in [0, 0.05) is 18.8 Å². The Morgan fingerprint density at radius 3 is 2.65 bits per heavy atom. The van der Waals surface area contributed by atoms with Crippen molar-refractivity contribution in [2.24, 2.45) is 0 Å². The second-order valence-electron chi connectivity index (χ2n) is 3.28. The van der Waals surface area contributed by atoms with Crippen molar-refractivity contribution < 1.29 is 14.3 Å². The second kappa shape index (κ2) is 7.22. The highest BCUT2D eigenvalue weighted by molar-refractivity contribution is 6.38. The summed E-state index contributed by atoms with van der Waals surface area (Å²) in [6.45, 7) is 2.46. The molecule has 1 N–H and O–H groups in total. The molecule has 0 saturated carbocycles. The van der Waals surface area contributed by atoms with Crippen molar-refractivity contribution in [2.45, 2.75) is 13.5 Å². The van der Waals surface area contributed by atoms with Gasteiger partial charge in [0.15, 0.2) is 0 Å². The van der Waals surface area contributed by atoms with E-state index in [0.717, 1.165) is 5.56 Å². The van der Waals surface area contributed by atoms with E-state index in [4.69, 9.17) is 0 Å². The van der Waals surface area contributed by atoms with E-state index in [1.807, 2.05) is 30.3 Å². The van der Waals surface area contributed by atoms with Crippen molar-refractivity contribution in [3.05, 3.63) is 48.2 Å². The van der Waals surface area contributed by atoms with Crippen molar-refractivity contribution in [1.29, 1.82) is 0 Å². The summed E-state index contributed by atoms with van der Waals surface area (Å²) in [4.78, 5) is 22.1. The van der Waals surface area contributed by atoms with Gasteiger partial charge in [-0.2, -0.15) is 0 Å². The summed E-state index contributed by atoms with van der Waals surface area (Å²) in [5.41, 5.74) is 1.10. The van der Waals surface area contributed by atoms with Crippen LogP contribution in [0, 0.1) is 0 Å². The van der Waals surface area contributed by atoms with Gasteiger partial charge in [-0.3, -0.25) is 4.79 Å². The van der Waals surface area contributed by atoms with Gasteiger partial charge in [-0.1, -0.05) is 30.3 Å². The Labute approximate surface area is 100 Å². The van der Waals surface area contributed by atoms with Crippen LogP contribution in [0.4, 0.5) is 0 Å². The van der Waals surface area contributed by atoms with Gasteiger partial charge in [-0.05, 0) is 12.5 Å². The van der Waals surface area contributed by atoms with Crippen molar-refractivity contribution in [3.63, 3.8) is 0 Å². The summed E-state index contributed by atoms with van der Waals surface area (Å²) in [5, 5.41) is 2.92. The minimum atomic E-state index is -0.828. The van der Waals surface area contributed by atoms with Gasteiger partial charge in [-0.25, -0.2) is 4.79 Å². The maximum Gasteiger partial charge on any atom is 0.379 e. The molecule has 0 spiro atoms. The zero-order valence-corrected chi connectivity index (χ0v) is 9.68. The lowest BCUT2D eigenvalue weighted by molar-refractivity contribution is -0.151. The molecule has 0 atom stereocenters. The Morgan fingerprint density at radius 1 is 1.29 bits per heavy atom. The van der Waals surface area contributed by atoms with E-state index in [1.165, 1.54) is 12.3 Å². The molecule has 0 unspecified atom stereocenters. The number of ketones is 1. The third kappa shape index (κ3) is 4.97. The molecule has 0 aliphatic carbocycles. The molecule has 17 heavy (non-hydrogen) atoms. The summed E-state index contributed by atoms with van der Waals surface area (Å²) >= 11 is 0. The monoisotopic (exact) mass is 233 g/mol. The van der Waals surface area contributed by atoms with Crippen molar-refractivity contribution >= 4 is 11.8 Å². The average molecular weight is 233 g/mol. The van der Waals surface area contributed by atoms with E-state index in [9.17, 15) is 9.59 Å². The lowest BCUT2D eigenvalue weighted by atomic mass is 10.2. The van der Waals surface area contributed by atoms with Crippen LogP contribution in [-0.2, 0) is 20.9 Å². The molecule has 0 amide bonds. The molecule has 4 nitrogen and oxygen atoms in total. The van der Waals surface area contributed by atoms with Crippen molar-refractivity contribution in [2.75, 3.05) is 6.61 Å². The molecule has 0 aromatic heterocycles. The number of benzene rings is 1. The summed E-state index contributed by atoms with van der Waals surface area (Å²) in [7, 11) is 0. The number of carbonyl (C=O) groups excluding carboxylic acids is 2. The number of ether oxygens (including phenoxy) is 1. The fraction of sp³-hybridized carbons (Fsp3) is 0.231. The van der Waals surface area contributed by atoms with Crippen LogP contribution < -0.4 is 5.32 Å². The molecule has 0 radical (unpaired) electrons. The Kier molecular flexibility index (Phi) is 5.51. The van der Waals surface area contributed by atoms with Crippen LogP contribution in [0.15, 0.2) is 42.6 Å². The predicted octanol–water partition coefficient (Wildman–Crippen LogP) is 1.42. The zero-order valence-electron chi connectivity index (χ0n) is 9.68. The lowest BCUT2D eigenvalue weighted by Crippen LogP contribution is -2.15. The first-order chi connectivity index (χ1) is 8.24. The molecule has 0 aliphatic rings. The summed E-state index contributed by atoms with van der Waals surface area (Å²) < 4.78 is 4.55. The fourth-order valence-corrected chi connectivity index (χ4v) is 1.18. The van der Waals surface area contributed by atoms with E-state index in [2.05, 4.69) is 10.1 Å². The third-order valence-electron chi connectivity index (χ3n) is 1.98. The summed E-state index contributed by atoms with van der Waals surface area (Å²) in [6, 6.07) is 9.74. The van der Waals surface area contributed by atoms with Gasteiger partial charge in [0.2, 0.25) is 0 Å². The van der Waals surface area contributed by atoms with Crippen molar-refractivity contribution in [1.82, 2.24) is 5.32 Å². The third-order valence-corrected chi connectivity index (χ3v) is 1.98. The number of hydrogen-bond donors (Lipinski definition) is 1. The quantitative estimate of drug-likeness (QED) is 0.458. The van der Waals surface area contributed by atoms with Gasteiger partial charge in [0.25, 0.3) is 5.78 Å². The average Bonchev–Trinajstić information content (AvgIpc) is 2.36. The van der Waals surface area contributed by atoms with Crippen LogP contribution in [0.3, 0.4) is 0 Å². The molecule has 90 valence electrons. The molecule has 0 aliphatic heterocycles. The van der Waals surface area contributed by atoms with E-state index >= 15 is 0 Å². The second-order valence-corrected chi connectivity index (χ2v) is 3.28. The number of hydrogen-bond acceptors (Lipinski definition) is 4. The molecule has 0 fully saturated rings. The van der Waals surface area contributed by atoms with E-state index in [0.29, 0.717) is 6.54 Å². The first-order valence-electron chi connectivity index (χ1n) is 5.39. The largest absolute Gasteiger partial charge is 0.460 e. The van der Waals surface area contributed by atoms with E-state index < -0.39 is 11.8 Å². The SMILES string of the molecule is CCOC(=O)C(=O)/C=C\NCc1ccccc1. The molecule has 4 heteroatoms. The molecule has 0 heterocycles. The number of rotatable bonds is 6. The molecule has 1 aromatic carbocycles. The van der Waals surface area contributed by atoms with Crippen LogP contribution in [-0.4, -0.2) is 18.4 Å². The highest BCUT2D eigenvalue weighted by Crippen LogP contribution is 1.96. The summed E-state index contributed by atoms with van der Waals surface area (Å²) in [6.07, 6.45) is 2.62. The number of carbonyl (C=O) groups is 2. The summed E-state index contributed by atoms with van der Waals surface area (Å²) in [5.74, 6) is -1.49. The maximum absolute atomic E-state index is 11.1. The minimum absolute atomic E-state index is 0.204. The topological polar surface area (TPSA) is 55.4 Å². The van der Waals surface area contributed by atoms with Gasteiger partial charge >= 0.3 is 5.97 Å². The van der Waals surface area contributed by atoms with Gasteiger partial charge < -0.3 is 10.1 Å². The van der Waals surface area contributed by atoms with E-state index in [1.54, 1.807) is 6.92 Å². The lowest BCUT2D eigenvalue weighted by Gasteiger charge is -2.00. The Balaban J connectivity index is 2.31. The standard InChI is InChI=1S/C13H15NO3/c1-2-17-13(16)12(15)8-9-14-10-11-6-4-3-5-7-11/h3-9,14H,2,10H2,1H3/b9-8-. The molecule has 1 aromatic rings. The van der Waals surface area contributed by atoms with Gasteiger partial charge in [-0.15, -0.1) is 0 Å². The minimum Gasteiger partial charge on any atom is -0.460 e. The molecular formula is C13H15NO3. The van der Waals surface area contributed by atoms with Gasteiger partial charge in [0.05, 0.1) is 6.61 Å².